The number of nitrogens with zero attached hydrogens (tertiary/aromatic N) is 2. The molecule has 0 saturated heterocycles. The molecule has 8 nitrogen and oxygen atoms in total. The van der Waals surface area contributed by atoms with Gasteiger partial charge in [0.1, 0.15) is 0 Å². The number of carboxylic acid groups (broad SMARTS) is 1. The van der Waals surface area contributed by atoms with E-state index in [2.05, 4.69) is 15.7 Å². The highest BCUT2D eigenvalue weighted by Gasteiger charge is 2.11. The Morgan fingerprint density at radius 2 is 2.05 bits per heavy atom. The highest BCUT2D eigenvalue weighted by Crippen LogP contribution is 2.04. The Morgan fingerprint density at radius 1 is 1.35 bits per heavy atom. The van der Waals surface area contributed by atoms with E-state index in [1.807, 2.05) is 13.8 Å². The van der Waals surface area contributed by atoms with E-state index in [9.17, 15) is 14.4 Å². The minimum absolute atomic E-state index is 0.0370. The van der Waals surface area contributed by atoms with Crippen LogP contribution >= 0.6 is 0 Å². The van der Waals surface area contributed by atoms with Crippen molar-refractivity contribution in [2.24, 2.45) is 0 Å². The molecule has 20 heavy (non-hydrogen) atoms. The minimum Gasteiger partial charge on any atom is -0.481 e. The number of nitrogens with one attached hydrogen (secondary N) is 2. The Bertz CT molecular complexity index is 495. The highest BCUT2D eigenvalue weighted by molar-refractivity contribution is 5.96. The number of aromatic nitrogens is 2. The summed E-state index contributed by atoms with van der Waals surface area (Å²) in [4.78, 5) is 33.3. The quantitative estimate of drug-likeness (QED) is 0.640. The predicted molar refractivity (Wildman–Crippen MR) is 70.2 cm³/mol. The van der Waals surface area contributed by atoms with Gasteiger partial charge in [-0.2, -0.15) is 5.10 Å². The monoisotopic (exact) mass is 282 g/mol. The smallest absolute Gasteiger partial charge is 0.305 e. The van der Waals surface area contributed by atoms with Crippen LogP contribution in [0.15, 0.2) is 12.4 Å². The van der Waals surface area contributed by atoms with E-state index in [4.69, 9.17) is 5.11 Å². The number of rotatable bonds is 7. The third kappa shape index (κ3) is 5.09. The van der Waals surface area contributed by atoms with Crippen molar-refractivity contribution in [3.63, 3.8) is 0 Å². The molecule has 0 radical (unpaired) electrons. The molecule has 110 valence electrons. The van der Waals surface area contributed by atoms with Crippen LogP contribution in [-0.2, 0) is 9.59 Å². The first-order chi connectivity index (χ1) is 9.40. The van der Waals surface area contributed by atoms with Crippen LogP contribution in [0.2, 0.25) is 0 Å². The number of hydrogen-bond acceptors (Lipinski definition) is 4. The maximum absolute atomic E-state index is 11.7. The van der Waals surface area contributed by atoms with Crippen LogP contribution < -0.4 is 10.6 Å². The summed E-state index contributed by atoms with van der Waals surface area (Å²) < 4.78 is 1.64. The topological polar surface area (TPSA) is 113 Å². The van der Waals surface area contributed by atoms with Gasteiger partial charge < -0.3 is 15.7 Å². The maximum atomic E-state index is 11.7. The van der Waals surface area contributed by atoms with Gasteiger partial charge in [0.25, 0.3) is 5.91 Å². The summed E-state index contributed by atoms with van der Waals surface area (Å²) in [5.74, 6) is -1.82. The second-order valence-corrected chi connectivity index (χ2v) is 4.48. The van der Waals surface area contributed by atoms with Crippen molar-refractivity contribution in [1.82, 2.24) is 20.4 Å². The van der Waals surface area contributed by atoms with Crippen LogP contribution in [0.4, 0.5) is 0 Å². The van der Waals surface area contributed by atoms with Crippen molar-refractivity contribution in [1.29, 1.82) is 0 Å². The van der Waals surface area contributed by atoms with Gasteiger partial charge in [0.15, 0.2) is 0 Å². The molecule has 2 amide bonds. The summed E-state index contributed by atoms with van der Waals surface area (Å²) in [7, 11) is 0. The third-order valence-corrected chi connectivity index (χ3v) is 2.46. The number of carbonyl (C=O) groups is 3. The lowest BCUT2D eigenvalue weighted by molar-refractivity contribution is -0.136. The van der Waals surface area contributed by atoms with E-state index in [0.717, 1.165) is 0 Å². The molecule has 0 fully saturated rings. The number of amides is 2. The predicted octanol–water partition coefficient (Wildman–Crippen LogP) is -0.215. The van der Waals surface area contributed by atoms with Gasteiger partial charge in [0, 0.05) is 18.8 Å². The molecule has 1 aromatic rings. The average molecular weight is 282 g/mol. The Hall–Kier alpha value is -2.38. The second kappa shape index (κ2) is 7.27. The Balaban J connectivity index is 2.35. The largest absolute Gasteiger partial charge is 0.481 e. The van der Waals surface area contributed by atoms with Crippen LogP contribution in [0.3, 0.4) is 0 Å². The van der Waals surface area contributed by atoms with Gasteiger partial charge >= 0.3 is 5.97 Å². The van der Waals surface area contributed by atoms with Crippen LogP contribution in [0, 0.1) is 0 Å². The molecular weight excluding hydrogens is 264 g/mol. The molecule has 1 rings (SSSR count). The lowest BCUT2D eigenvalue weighted by Gasteiger charge is -2.05. The van der Waals surface area contributed by atoms with E-state index in [0.29, 0.717) is 5.56 Å². The molecule has 0 aliphatic rings. The lowest BCUT2D eigenvalue weighted by atomic mass is 10.3. The first-order valence-electron chi connectivity index (χ1n) is 6.21. The minimum atomic E-state index is -0.990. The highest BCUT2D eigenvalue weighted by atomic mass is 16.4. The zero-order chi connectivity index (χ0) is 15.1. The number of aliphatic carboxylic acids is 1. The fourth-order valence-corrected chi connectivity index (χ4v) is 1.37. The number of hydrogen-bond donors (Lipinski definition) is 3. The standard InChI is InChI=1S/C12H18N4O4/c1-8(2)16-7-9(5-15-16)12(20)14-6-10(17)13-4-3-11(18)19/h5,7-8H,3-4,6H2,1-2H3,(H,13,17)(H,14,20)(H,18,19). The van der Waals surface area contributed by atoms with E-state index >= 15 is 0 Å². The van der Waals surface area contributed by atoms with Crippen LogP contribution in [-0.4, -0.2) is 45.8 Å². The van der Waals surface area contributed by atoms with Crippen molar-refractivity contribution < 1.29 is 19.5 Å². The Labute approximate surface area is 116 Å². The molecule has 0 aliphatic carbocycles. The molecule has 0 atom stereocenters. The lowest BCUT2D eigenvalue weighted by Crippen LogP contribution is -2.37. The van der Waals surface area contributed by atoms with Crippen LogP contribution in [0.25, 0.3) is 0 Å². The number of carbonyl (C=O) groups excluding carboxylic acids is 2. The van der Waals surface area contributed by atoms with Crippen molar-refractivity contribution in [3.8, 4) is 0 Å². The summed E-state index contributed by atoms with van der Waals surface area (Å²) in [6.45, 7) is 3.70. The average Bonchev–Trinajstić information content (AvgIpc) is 2.85. The van der Waals surface area contributed by atoms with Crippen LogP contribution in [0.5, 0.6) is 0 Å². The first-order valence-corrected chi connectivity index (χ1v) is 6.21. The van der Waals surface area contributed by atoms with Crippen molar-refractivity contribution in [2.75, 3.05) is 13.1 Å². The van der Waals surface area contributed by atoms with Gasteiger partial charge in [-0.1, -0.05) is 0 Å². The SMILES string of the molecule is CC(C)n1cc(C(=O)NCC(=O)NCCC(=O)O)cn1. The van der Waals surface area contributed by atoms with Gasteiger partial charge in [-0.05, 0) is 13.8 Å². The van der Waals surface area contributed by atoms with Gasteiger partial charge in [0.05, 0.1) is 24.7 Å². The zero-order valence-electron chi connectivity index (χ0n) is 11.4. The maximum Gasteiger partial charge on any atom is 0.305 e. The van der Waals surface area contributed by atoms with Gasteiger partial charge in [-0.15, -0.1) is 0 Å². The Morgan fingerprint density at radius 3 is 2.60 bits per heavy atom. The molecule has 1 aromatic heterocycles. The van der Waals surface area contributed by atoms with E-state index in [-0.39, 0.29) is 25.6 Å². The molecule has 8 heteroatoms. The normalized spacial score (nSPS) is 10.3. The summed E-state index contributed by atoms with van der Waals surface area (Å²) in [5, 5.41) is 17.3. The fourth-order valence-electron chi connectivity index (χ4n) is 1.37. The van der Waals surface area contributed by atoms with Crippen molar-refractivity contribution in [2.45, 2.75) is 26.3 Å². The van der Waals surface area contributed by atoms with E-state index < -0.39 is 17.8 Å². The fraction of sp³-hybridized carbons (Fsp3) is 0.500. The summed E-state index contributed by atoms with van der Waals surface area (Å²) in [6.07, 6.45) is 2.88. The van der Waals surface area contributed by atoms with Gasteiger partial charge in [0.2, 0.25) is 5.91 Å². The molecular formula is C12H18N4O4. The number of carboxylic acids is 1. The molecule has 0 aromatic carbocycles. The molecule has 0 unspecified atom stereocenters. The Kier molecular flexibility index (Phi) is 5.70. The van der Waals surface area contributed by atoms with Crippen LogP contribution in [0.1, 0.15) is 36.7 Å². The van der Waals surface area contributed by atoms with E-state index in [1.54, 1.807) is 10.9 Å². The molecule has 3 N–H and O–H groups in total. The molecule has 0 aliphatic heterocycles. The van der Waals surface area contributed by atoms with Crippen molar-refractivity contribution in [3.05, 3.63) is 18.0 Å². The first kappa shape index (κ1) is 15.7. The third-order valence-electron chi connectivity index (χ3n) is 2.46. The van der Waals surface area contributed by atoms with Gasteiger partial charge in [-0.3, -0.25) is 19.1 Å². The zero-order valence-corrected chi connectivity index (χ0v) is 11.4. The van der Waals surface area contributed by atoms with Gasteiger partial charge in [-0.25, -0.2) is 0 Å². The summed E-state index contributed by atoms with van der Waals surface area (Å²) in [6, 6.07) is 0.149. The molecule has 0 saturated carbocycles. The molecule has 0 spiro atoms. The van der Waals surface area contributed by atoms with E-state index in [1.165, 1.54) is 6.20 Å². The summed E-state index contributed by atoms with van der Waals surface area (Å²) >= 11 is 0. The molecule has 0 bridgehead atoms. The molecule has 1 heterocycles. The summed E-state index contributed by atoms with van der Waals surface area (Å²) in [5.41, 5.74) is 0.372. The van der Waals surface area contributed by atoms with Crippen molar-refractivity contribution >= 4 is 17.8 Å². The second-order valence-electron chi connectivity index (χ2n) is 4.48.